The van der Waals surface area contributed by atoms with E-state index in [0.717, 1.165) is 51.4 Å². The van der Waals surface area contributed by atoms with E-state index < -0.39 is 0 Å². The van der Waals surface area contributed by atoms with Crippen LogP contribution in [0.3, 0.4) is 0 Å². The molecule has 1 aromatic rings. The first-order valence-electron chi connectivity index (χ1n) is 6.47. The van der Waals surface area contributed by atoms with Crippen molar-refractivity contribution >= 4 is 5.91 Å². The van der Waals surface area contributed by atoms with Gasteiger partial charge in [-0.15, -0.1) is 6.42 Å². The van der Waals surface area contributed by atoms with Crippen LogP contribution in [0, 0.1) is 29.2 Å². The first kappa shape index (κ1) is 31.1. The summed E-state index contributed by atoms with van der Waals surface area (Å²) in [5.41, 5.74) is 1.16. The second kappa shape index (κ2) is 15.8. The Morgan fingerprint density at radius 1 is 1.22 bits per heavy atom. The maximum Gasteiger partial charge on any atom is 2.00 e. The topological polar surface area (TPSA) is 41.4 Å². The molecule has 0 bridgehead atoms. The van der Waals surface area contributed by atoms with E-state index in [1.54, 1.807) is 6.92 Å². The minimum absolute atomic E-state index is 0. The number of rotatable bonds is 3. The average Bonchev–Trinajstić information content (AvgIpc) is 2.65. The van der Waals surface area contributed by atoms with Gasteiger partial charge in [0, 0.05) is 77.7 Å². The Morgan fingerprint density at radius 2 is 1.87 bits per heavy atom. The Labute approximate surface area is 180 Å². The molecule has 2 rings (SSSR count). The molecular formula is C16H30N4OVY-2. The summed E-state index contributed by atoms with van der Waals surface area (Å²) in [5, 5.41) is 0. The van der Waals surface area contributed by atoms with Crippen LogP contribution in [0.15, 0.2) is 12.5 Å². The summed E-state index contributed by atoms with van der Waals surface area (Å²) in [4.78, 5) is 19.8. The van der Waals surface area contributed by atoms with Crippen molar-refractivity contribution in [2.75, 3.05) is 26.2 Å². The van der Waals surface area contributed by atoms with Gasteiger partial charge in [-0.1, -0.05) is 0 Å². The van der Waals surface area contributed by atoms with Gasteiger partial charge in [0.2, 0.25) is 5.91 Å². The molecule has 0 saturated carbocycles. The first-order valence-corrected chi connectivity index (χ1v) is 6.47. The van der Waals surface area contributed by atoms with Crippen LogP contribution in [0.1, 0.15) is 19.0 Å². The fourth-order valence-corrected chi connectivity index (χ4v) is 2.33. The van der Waals surface area contributed by atoms with Crippen molar-refractivity contribution in [3.63, 3.8) is 0 Å². The molecular weight excluding hydrogens is 404 g/mol. The van der Waals surface area contributed by atoms with Gasteiger partial charge in [0.1, 0.15) is 0 Å². The van der Waals surface area contributed by atoms with Gasteiger partial charge in [0.05, 0.1) is 13.0 Å². The van der Waals surface area contributed by atoms with E-state index in [-0.39, 0.29) is 79.5 Å². The van der Waals surface area contributed by atoms with Crippen LogP contribution in [-0.4, -0.2) is 51.4 Å². The molecule has 0 spiro atoms. The van der Waals surface area contributed by atoms with E-state index in [1.165, 1.54) is 0 Å². The molecule has 1 aromatic heterocycles. The van der Waals surface area contributed by atoms with Crippen LogP contribution in [0.25, 0.3) is 0 Å². The fourth-order valence-electron chi connectivity index (χ4n) is 2.33. The maximum absolute atomic E-state index is 11.4. The Bertz CT molecular complexity index is 415. The number of aromatic nitrogens is 2. The normalized spacial score (nSPS) is 13.9. The van der Waals surface area contributed by atoms with E-state index in [9.17, 15) is 4.79 Å². The molecule has 1 fully saturated rings. The van der Waals surface area contributed by atoms with Crippen molar-refractivity contribution < 1.29 is 56.1 Å². The largest absolute Gasteiger partial charge is 2.00 e. The van der Waals surface area contributed by atoms with Crippen LogP contribution in [0.5, 0.6) is 0 Å². The average molecular weight is 434 g/mol. The second-order valence-corrected chi connectivity index (χ2v) is 4.72. The summed E-state index contributed by atoms with van der Waals surface area (Å²) in [7, 11) is 0. The van der Waals surface area contributed by atoms with E-state index in [4.69, 9.17) is 0 Å². The zero-order chi connectivity index (χ0) is 13.0. The number of carbonyl (C=O) groups excluding carboxylic acids is 1. The van der Waals surface area contributed by atoms with Gasteiger partial charge >= 0.3 is 18.6 Å². The standard InChI is InChI=1S/C13H21N4O.3CH3.V.Y/c1-3-13-9-14-10-17(13)11-15-5-4-6-16(8-7-15)12(2)18;;;;;/h9-10H,1,3-8,11H2,2H3;3*1H3;;/q4*-1;+2;. The predicted molar refractivity (Wildman–Crippen MR) is 89.0 cm³/mol. The molecule has 7 heteroatoms. The number of imidazole rings is 1. The summed E-state index contributed by atoms with van der Waals surface area (Å²) in [6.07, 6.45) is 5.52. The van der Waals surface area contributed by atoms with Crippen LogP contribution in [0.4, 0.5) is 0 Å². The van der Waals surface area contributed by atoms with Crippen molar-refractivity contribution in [2.24, 2.45) is 0 Å². The second-order valence-electron chi connectivity index (χ2n) is 4.72. The molecule has 1 saturated heterocycles. The summed E-state index contributed by atoms with van der Waals surface area (Å²) in [6, 6.07) is 0. The SMILES string of the molecule is [CH2-]Cc1cncn1CN1CCCN(C(C)=O)CC1.[CH3-].[CH3-].[CH3-].[V+2].[Y]. The summed E-state index contributed by atoms with van der Waals surface area (Å²) in [6.45, 7) is 10.0. The minimum Gasteiger partial charge on any atom is -0.358 e. The summed E-state index contributed by atoms with van der Waals surface area (Å²) >= 11 is 0. The van der Waals surface area contributed by atoms with Gasteiger partial charge in [-0.2, -0.15) is 0 Å². The molecule has 1 aliphatic heterocycles. The van der Waals surface area contributed by atoms with Gasteiger partial charge in [-0.25, -0.2) is 4.98 Å². The Morgan fingerprint density at radius 3 is 2.43 bits per heavy atom. The van der Waals surface area contributed by atoms with Crippen molar-refractivity contribution in [1.82, 2.24) is 19.4 Å². The van der Waals surface area contributed by atoms with Crippen molar-refractivity contribution in [3.05, 3.63) is 47.4 Å². The van der Waals surface area contributed by atoms with E-state index in [0.29, 0.717) is 0 Å². The van der Waals surface area contributed by atoms with Crippen molar-refractivity contribution in [2.45, 2.75) is 26.4 Å². The fraction of sp³-hybridized carbons (Fsp3) is 0.500. The third-order valence-corrected chi connectivity index (χ3v) is 3.44. The van der Waals surface area contributed by atoms with Crippen LogP contribution < -0.4 is 0 Å². The zero-order valence-electron chi connectivity index (χ0n) is 15.0. The number of carbonyl (C=O) groups is 1. The Hall–Kier alpha value is 0.328. The van der Waals surface area contributed by atoms with Crippen LogP contribution in [0.2, 0.25) is 0 Å². The predicted octanol–water partition coefficient (Wildman–Crippen LogP) is 2.12. The zero-order valence-corrected chi connectivity index (χ0v) is 19.3. The van der Waals surface area contributed by atoms with Crippen molar-refractivity contribution in [3.8, 4) is 0 Å². The van der Waals surface area contributed by atoms with E-state index in [2.05, 4.69) is 21.4 Å². The molecule has 0 N–H and O–H groups in total. The number of hydrogen-bond donors (Lipinski definition) is 0. The van der Waals surface area contributed by atoms with Gasteiger partial charge in [0.25, 0.3) is 0 Å². The van der Waals surface area contributed by atoms with Gasteiger partial charge in [-0.05, 0) is 6.42 Å². The first-order chi connectivity index (χ1) is 8.70. The molecule has 0 aliphatic carbocycles. The van der Waals surface area contributed by atoms with E-state index in [1.807, 2.05) is 17.4 Å². The Kier molecular flexibility index (Phi) is 21.4. The molecule has 1 amide bonds. The molecule has 5 nitrogen and oxygen atoms in total. The molecule has 0 aromatic carbocycles. The number of hydrogen-bond acceptors (Lipinski definition) is 3. The van der Waals surface area contributed by atoms with Crippen molar-refractivity contribution in [1.29, 1.82) is 0 Å². The monoisotopic (exact) mass is 434 g/mol. The molecule has 0 unspecified atom stereocenters. The van der Waals surface area contributed by atoms with Crippen LogP contribution in [-0.2, 0) is 69.1 Å². The molecule has 130 valence electrons. The molecule has 1 aliphatic rings. The maximum atomic E-state index is 11.4. The van der Waals surface area contributed by atoms with E-state index >= 15 is 0 Å². The molecule has 2 radical (unpaired) electrons. The van der Waals surface area contributed by atoms with Crippen LogP contribution >= 0.6 is 0 Å². The minimum atomic E-state index is 0. The van der Waals surface area contributed by atoms with Gasteiger partial charge < -0.3 is 38.7 Å². The smallest absolute Gasteiger partial charge is 0.358 e. The van der Waals surface area contributed by atoms with Gasteiger partial charge in [-0.3, -0.25) is 9.69 Å². The molecule has 2 heterocycles. The number of nitrogens with zero attached hydrogens (tertiary/aromatic N) is 4. The number of amides is 1. The molecule has 0 atom stereocenters. The third-order valence-electron chi connectivity index (χ3n) is 3.44. The Balaban J connectivity index is -0.000000361. The third kappa shape index (κ3) is 9.40. The summed E-state index contributed by atoms with van der Waals surface area (Å²) < 4.78 is 2.14. The quantitative estimate of drug-likeness (QED) is 0.685. The van der Waals surface area contributed by atoms with Gasteiger partial charge in [0.15, 0.2) is 0 Å². The summed E-state index contributed by atoms with van der Waals surface area (Å²) in [5.74, 6) is 0.179. The molecule has 23 heavy (non-hydrogen) atoms.